The summed E-state index contributed by atoms with van der Waals surface area (Å²) in [5.74, 6) is -1.65. The first kappa shape index (κ1) is 22.2. The number of nitrogens with one attached hydrogen (secondary N) is 1. The van der Waals surface area contributed by atoms with Gasteiger partial charge < -0.3 is 14.8 Å². The van der Waals surface area contributed by atoms with Crippen LogP contribution in [-0.4, -0.2) is 31.1 Å². The molecular formula is C24H23NO5S. The molecule has 0 bridgehead atoms. The molecule has 0 aliphatic rings. The zero-order valence-electron chi connectivity index (χ0n) is 17.6. The molecule has 31 heavy (non-hydrogen) atoms. The summed E-state index contributed by atoms with van der Waals surface area (Å²) in [6.45, 7) is 5.31. The first-order valence-electron chi connectivity index (χ1n) is 9.78. The van der Waals surface area contributed by atoms with E-state index in [2.05, 4.69) is 5.32 Å². The summed E-state index contributed by atoms with van der Waals surface area (Å²) in [6, 6.07) is 14.6. The Labute approximate surface area is 184 Å². The monoisotopic (exact) mass is 437 g/mol. The molecule has 3 rings (SSSR count). The molecule has 1 aromatic heterocycles. The van der Waals surface area contributed by atoms with Crippen LogP contribution in [0.1, 0.15) is 38.8 Å². The van der Waals surface area contributed by atoms with E-state index in [0.29, 0.717) is 16.1 Å². The van der Waals surface area contributed by atoms with Gasteiger partial charge in [-0.2, -0.15) is 0 Å². The second-order valence-electron chi connectivity index (χ2n) is 6.93. The zero-order chi connectivity index (χ0) is 22.4. The highest BCUT2D eigenvalue weighted by atomic mass is 32.1. The second-order valence-corrected chi connectivity index (χ2v) is 7.81. The van der Waals surface area contributed by atoms with Crippen LogP contribution in [0.4, 0.5) is 5.00 Å². The van der Waals surface area contributed by atoms with E-state index in [1.165, 1.54) is 11.3 Å². The van der Waals surface area contributed by atoms with Crippen molar-refractivity contribution >= 4 is 34.2 Å². The van der Waals surface area contributed by atoms with Crippen molar-refractivity contribution in [2.75, 3.05) is 18.5 Å². The number of hydrogen-bond donors (Lipinski definition) is 1. The molecule has 3 aromatic rings. The van der Waals surface area contributed by atoms with Crippen molar-refractivity contribution in [2.24, 2.45) is 0 Å². The number of amides is 1. The Balaban J connectivity index is 1.75. The third-order valence-electron chi connectivity index (χ3n) is 4.47. The van der Waals surface area contributed by atoms with Gasteiger partial charge in [-0.05, 0) is 38.5 Å². The van der Waals surface area contributed by atoms with Crippen LogP contribution in [0.3, 0.4) is 0 Å². The second kappa shape index (κ2) is 10.0. The van der Waals surface area contributed by atoms with Crippen molar-refractivity contribution in [3.05, 3.63) is 76.2 Å². The minimum atomic E-state index is -0.587. The summed E-state index contributed by atoms with van der Waals surface area (Å²) in [5.41, 5.74) is 4.19. The van der Waals surface area contributed by atoms with E-state index >= 15 is 0 Å². The summed E-state index contributed by atoms with van der Waals surface area (Å²) in [6.07, 6.45) is 0. The molecule has 2 aromatic carbocycles. The highest BCUT2D eigenvalue weighted by molar-refractivity contribution is 7.15. The van der Waals surface area contributed by atoms with Crippen LogP contribution in [0.25, 0.3) is 11.1 Å². The molecule has 0 radical (unpaired) electrons. The van der Waals surface area contributed by atoms with E-state index in [1.807, 2.05) is 44.2 Å². The number of benzene rings is 2. The maximum Gasteiger partial charge on any atom is 0.341 e. The molecule has 0 fully saturated rings. The third kappa shape index (κ3) is 5.58. The molecule has 0 saturated heterocycles. The predicted molar refractivity (Wildman–Crippen MR) is 121 cm³/mol. The largest absolute Gasteiger partial charge is 0.462 e. The Kier molecular flexibility index (Phi) is 7.20. The van der Waals surface area contributed by atoms with Crippen molar-refractivity contribution in [1.82, 2.24) is 0 Å². The van der Waals surface area contributed by atoms with Gasteiger partial charge in [0.25, 0.3) is 5.91 Å². The lowest BCUT2D eigenvalue weighted by molar-refractivity contribution is -0.119. The molecule has 1 amide bonds. The number of carbonyl (C=O) groups excluding carboxylic acids is 3. The van der Waals surface area contributed by atoms with Gasteiger partial charge in [0.05, 0.1) is 12.2 Å². The molecule has 0 aliphatic heterocycles. The van der Waals surface area contributed by atoms with Crippen LogP contribution >= 0.6 is 11.3 Å². The average molecular weight is 438 g/mol. The fraction of sp³-hybridized carbons (Fsp3) is 0.208. The molecule has 6 nitrogen and oxygen atoms in total. The van der Waals surface area contributed by atoms with E-state index in [-0.39, 0.29) is 12.2 Å². The molecule has 0 spiro atoms. The van der Waals surface area contributed by atoms with Gasteiger partial charge in [0.15, 0.2) is 6.61 Å². The summed E-state index contributed by atoms with van der Waals surface area (Å²) < 4.78 is 10.3. The number of aryl methyl sites for hydroxylation is 2. The SMILES string of the molecule is CCOC(=O)c1c(-c2ccc(C)cc2)csc1NC(=O)COC(=O)c1cccc(C)c1. The maximum atomic E-state index is 12.6. The van der Waals surface area contributed by atoms with Crippen molar-refractivity contribution < 1.29 is 23.9 Å². The summed E-state index contributed by atoms with van der Waals surface area (Å²) in [4.78, 5) is 37.2. The smallest absolute Gasteiger partial charge is 0.341 e. The van der Waals surface area contributed by atoms with Crippen LogP contribution in [-0.2, 0) is 14.3 Å². The van der Waals surface area contributed by atoms with Gasteiger partial charge in [-0.25, -0.2) is 9.59 Å². The van der Waals surface area contributed by atoms with E-state index in [9.17, 15) is 14.4 Å². The van der Waals surface area contributed by atoms with Gasteiger partial charge in [-0.3, -0.25) is 4.79 Å². The molecular weight excluding hydrogens is 414 g/mol. The van der Waals surface area contributed by atoms with Crippen molar-refractivity contribution in [2.45, 2.75) is 20.8 Å². The Hall–Kier alpha value is -3.45. The summed E-state index contributed by atoms with van der Waals surface area (Å²) in [7, 11) is 0. The van der Waals surface area contributed by atoms with Crippen LogP contribution in [0, 0.1) is 13.8 Å². The lowest BCUT2D eigenvalue weighted by atomic mass is 10.0. The van der Waals surface area contributed by atoms with Crippen LogP contribution in [0.2, 0.25) is 0 Å². The van der Waals surface area contributed by atoms with Crippen molar-refractivity contribution in [1.29, 1.82) is 0 Å². The molecule has 0 saturated carbocycles. The van der Waals surface area contributed by atoms with Gasteiger partial charge in [-0.1, -0.05) is 47.5 Å². The summed E-state index contributed by atoms with van der Waals surface area (Å²) in [5, 5.41) is 4.82. The van der Waals surface area contributed by atoms with Gasteiger partial charge in [0, 0.05) is 10.9 Å². The Morgan fingerprint density at radius 2 is 1.68 bits per heavy atom. The Morgan fingerprint density at radius 3 is 2.35 bits per heavy atom. The van der Waals surface area contributed by atoms with Gasteiger partial charge in [-0.15, -0.1) is 11.3 Å². The normalized spacial score (nSPS) is 10.4. The number of carbonyl (C=O) groups is 3. The fourth-order valence-electron chi connectivity index (χ4n) is 2.95. The minimum absolute atomic E-state index is 0.212. The highest BCUT2D eigenvalue weighted by Gasteiger charge is 2.23. The zero-order valence-corrected chi connectivity index (χ0v) is 18.4. The van der Waals surface area contributed by atoms with Crippen LogP contribution in [0.15, 0.2) is 53.9 Å². The molecule has 7 heteroatoms. The minimum Gasteiger partial charge on any atom is -0.462 e. The molecule has 1 heterocycles. The van der Waals surface area contributed by atoms with Crippen molar-refractivity contribution in [3.8, 4) is 11.1 Å². The molecule has 0 unspecified atom stereocenters. The number of rotatable bonds is 7. The molecule has 0 atom stereocenters. The first-order chi connectivity index (χ1) is 14.9. The van der Waals surface area contributed by atoms with Gasteiger partial charge in [0.1, 0.15) is 10.6 Å². The topological polar surface area (TPSA) is 81.7 Å². The number of hydrogen-bond acceptors (Lipinski definition) is 6. The van der Waals surface area contributed by atoms with Crippen LogP contribution < -0.4 is 5.32 Å². The Bertz CT molecular complexity index is 1100. The van der Waals surface area contributed by atoms with Gasteiger partial charge in [0.2, 0.25) is 0 Å². The highest BCUT2D eigenvalue weighted by Crippen LogP contribution is 2.36. The van der Waals surface area contributed by atoms with E-state index in [4.69, 9.17) is 9.47 Å². The third-order valence-corrected chi connectivity index (χ3v) is 5.37. The lowest BCUT2D eigenvalue weighted by Crippen LogP contribution is -2.21. The van der Waals surface area contributed by atoms with E-state index < -0.39 is 24.5 Å². The lowest BCUT2D eigenvalue weighted by Gasteiger charge is -2.09. The molecule has 1 N–H and O–H groups in total. The van der Waals surface area contributed by atoms with Crippen molar-refractivity contribution in [3.63, 3.8) is 0 Å². The first-order valence-corrected chi connectivity index (χ1v) is 10.7. The number of ether oxygens (including phenoxy) is 2. The number of thiophene rings is 1. The van der Waals surface area contributed by atoms with Gasteiger partial charge >= 0.3 is 11.9 Å². The van der Waals surface area contributed by atoms with E-state index in [0.717, 1.165) is 16.7 Å². The van der Waals surface area contributed by atoms with Crippen LogP contribution in [0.5, 0.6) is 0 Å². The predicted octanol–water partition coefficient (Wildman–Crippen LogP) is 5.00. The van der Waals surface area contributed by atoms with E-state index in [1.54, 1.807) is 30.5 Å². The average Bonchev–Trinajstić information content (AvgIpc) is 3.16. The standard InChI is InChI=1S/C24H23NO5S/c1-4-29-24(28)21-19(17-10-8-15(2)9-11-17)14-31-22(21)25-20(26)13-30-23(27)18-7-5-6-16(3)12-18/h5-12,14H,4,13H2,1-3H3,(H,25,26). The fourth-order valence-corrected chi connectivity index (χ4v) is 3.92. The molecule has 160 valence electrons. The number of esters is 2. The number of anilines is 1. The Morgan fingerprint density at radius 1 is 0.935 bits per heavy atom. The summed E-state index contributed by atoms with van der Waals surface area (Å²) >= 11 is 1.22. The molecule has 0 aliphatic carbocycles. The quantitative estimate of drug-likeness (QED) is 0.526. The maximum absolute atomic E-state index is 12.6.